The molecule has 0 aliphatic heterocycles. The zero-order valence-electron chi connectivity index (χ0n) is 14.1. The predicted octanol–water partition coefficient (Wildman–Crippen LogP) is 3.12. The summed E-state index contributed by atoms with van der Waals surface area (Å²) in [5.74, 6) is 0.984. The van der Waals surface area contributed by atoms with Crippen LogP contribution in [-0.4, -0.2) is 33.6 Å². The molecule has 5 heteroatoms. The molecule has 0 fully saturated rings. The van der Waals surface area contributed by atoms with Crippen molar-refractivity contribution in [1.82, 2.24) is 19.8 Å². The quantitative estimate of drug-likeness (QED) is 0.759. The highest BCUT2D eigenvalue weighted by molar-refractivity contribution is 5.74. The molecule has 0 aliphatic rings. The topological polar surface area (TPSA) is 50.2 Å². The van der Waals surface area contributed by atoms with Crippen LogP contribution in [0.1, 0.15) is 17.0 Å². The van der Waals surface area contributed by atoms with Gasteiger partial charge in [-0.2, -0.15) is 0 Å². The Hall–Kier alpha value is -2.82. The van der Waals surface area contributed by atoms with Crippen molar-refractivity contribution in [3.8, 4) is 0 Å². The number of aromatic nitrogens is 2. The number of hydrogen-bond donors (Lipinski definition) is 1. The summed E-state index contributed by atoms with van der Waals surface area (Å²) in [7, 11) is 0. The van der Waals surface area contributed by atoms with Crippen LogP contribution in [0.15, 0.2) is 62.0 Å². The molecule has 0 atom stereocenters. The summed E-state index contributed by atoms with van der Waals surface area (Å²) in [6.45, 7) is 11.6. The van der Waals surface area contributed by atoms with Gasteiger partial charge in [-0.25, -0.2) is 9.78 Å². The largest absolute Gasteiger partial charge is 0.334 e. The number of amides is 2. The summed E-state index contributed by atoms with van der Waals surface area (Å²) < 4.78 is 2.09. The molecule has 24 heavy (non-hydrogen) atoms. The molecule has 1 heterocycles. The van der Waals surface area contributed by atoms with E-state index in [0.29, 0.717) is 19.6 Å². The standard InChI is InChI=1S/C19H24N4O/c1-4-10-22(11-5-2)19(24)21-14-17-7-6-8-18(13-17)15-23-12-9-20-16(23)3/h4-9,12-13H,1-2,10-11,14-15H2,3H3,(H,21,24). The molecule has 1 N–H and O–H groups in total. The van der Waals surface area contributed by atoms with Crippen molar-refractivity contribution < 1.29 is 4.79 Å². The molecule has 0 bridgehead atoms. The smallest absolute Gasteiger partial charge is 0.318 e. The number of nitrogens with one attached hydrogen (secondary N) is 1. The molecular formula is C19H24N4O. The maximum absolute atomic E-state index is 12.2. The third kappa shape index (κ3) is 4.84. The van der Waals surface area contributed by atoms with Crippen LogP contribution >= 0.6 is 0 Å². The second-order valence-corrected chi connectivity index (χ2v) is 5.56. The van der Waals surface area contributed by atoms with Crippen molar-refractivity contribution in [2.45, 2.75) is 20.0 Å². The lowest BCUT2D eigenvalue weighted by Gasteiger charge is -2.20. The monoisotopic (exact) mass is 324 g/mol. The Morgan fingerprint density at radius 2 is 2.00 bits per heavy atom. The van der Waals surface area contributed by atoms with Crippen LogP contribution in [0.25, 0.3) is 0 Å². The molecule has 0 radical (unpaired) electrons. The minimum absolute atomic E-state index is 0.120. The first-order chi connectivity index (χ1) is 11.6. The van der Waals surface area contributed by atoms with Crippen molar-refractivity contribution in [2.75, 3.05) is 13.1 Å². The molecule has 126 valence electrons. The summed E-state index contributed by atoms with van der Waals surface area (Å²) in [4.78, 5) is 18.1. The van der Waals surface area contributed by atoms with Crippen LogP contribution < -0.4 is 5.32 Å². The third-order valence-corrected chi connectivity index (χ3v) is 3.70. The number of benzene rings is 1. The Bertz CT molecular complexity index is 695. The SMILES string of the molecule is C=CCN(CC=C)C(=O)NCc1cccc(Cn2ccnc2C)c1. The number of hydrogen-bond acceptors (Lipinski definition) is 2. The summed E-state index contributed by atoms with van der Waals surface area (Å²) in [6, 6.07) is 8.08. The second kappa shape index (κ2) is 8.72. The zero-order chi connectivity index (χ0) is 17.4. The van der Waals surface area contributed by atoms with Gasteiger partial charge >= 0.3 is 6.03 Å². The fourth-order valence-electron chi connectivity index (χ4n) is 2.45. The van der Waals surface area contributed by atoms with Crippen molar-refractivity contribution in [3.63, 3.8) is 0 Å². The molecule has 5 nitrogen and oxygen atoms in total. The van der Waals surface area contributed by atoms with Crippen LogP contribution in [0.4, 0.5) is 4.79 Å². The maximum Gasteiger partial charge on any atom is 0.318 e. The molecule has 0 saturated carbocycles. The highest BCUT2D eigenvalue weighted by Gasteiger charge is 2.09. The highest BCUT2D eigenvalue weighted by atomic mass is 16.2. The van der Waals surface area contributed by atoms with E-state index in [4.69, 9.17) is 0 Å². The van der Waals surface area contributed by atoms with Gasteiger partial charge in [-0.3, -0.25) is 0 Å². The number of aryl methyl sites for hydroxylation is 1. The molecule has 2 aromatic rings. The molecule has 0 saturated heterocycles. The minimum atomic E-state index is -0.120. The molecule has 0 unspecified atom stereocenters. The van der Waals surface area contributed by atoms with Crippen LogP contribution in [0.5, 0.6) is 0 Å². The average Bonchev–Trinajstić information content (AvgIpc) is 2.98. The van der Waals surface area contributed by atoms with E-state index in [2.05, 4.69) is 40.2 Å². The summed E-state index contributed by atoms with van der Waals surface area (Å²) in [5, 5.41) is 2.94. The molecule has 1 aromatic carbocycles. The fraction of sp³-hybridized carbons (Fsp3) is 0.263. The lowest BCUT2D eigenvalue weighted by atomic mass is 10.1. The van der Waals surface area contributed by atoms with Crippen LogP contribution in [0.3, 0.4) is 0 Å². The van der Waals surface area contributed by atoms with E-state index in [0.717, 1.165) is 17.9 Å². The first kappa shape index (κ1) is 17.5. The fourth-order valence-corrected chi connectivity index (χ4v) is 2.45. The molecule has 2 rings (SSSR count). The Labute approximate surface area is 143 Å². The van der Waals surface area contributed by atoms with Crippen molar-refractivity contribution in [3.05, 3.63) is 78.9 Å². The van der Waals surface area contributed by atoms with E-state index in [1.807, 2.05) is 25.3 Å². The van der Waals surface area contributed by atoms with Crippen LogP contribution in [-0.2, 0) is 13.1 Å². The number of rotatable bonds is 8. The lowest BCUT2D eigenvalue weighted by Crippen LogP contribution is -2.39. The van der Waals surface area contributed by atoms with Gasteiger partial charge in [0.15, 0.2) is 0 Å². The van der Waals surface area contributed by atoms with Crippen molar-refractivity contribution in [1.29, 1.82) is 0 Å². The molecule has 1 aromatic heterocycles. The third-order valence-electron chi connectivity index (χ3n) is 3.70. The first-order valence-corrected chi connectivity index (χ1v) is 7.94. The summed E-state index contributed by atoms with van der Waals surface area (Å²) in [6.07, 6.45) is 7.17. The van der Waals surface area contributed by atoms with Gasteiger partial charge in [-0.15, -0.1) is 13.2 Å². The van der Waals surface area contributed by atoms with Crippen LogP contribution in [0, 0.1) is 6.92 Å². The van der Waals surface area contributed by atoms with E-state index < -0.39 is 0 Å². The first-order valence-electron chi connectivity index (χ1n) is 7.94. The maximum atomic E-state index is 12.2. The van der Waals surface area contributed by atoms with Gasteiger partial charge in [-0.05, 0) is 18.1 Å². The Balaban J connectivity index is 1.96. The molecular weight excluding hydrogens is 300 g/mol. The Kier molecular flexibility index (Phi) is 6.37. The van der Waals surface area contributed by atoms with E-state index >= 15 is 0 Å². The Morgan fingerprint density at radius 1 is 1.29 bits per heavy atom. The molecule has 0 aliphatic carbocycles. The van der Waals surface area contributed by atoms with E-state index in [9.17, 15) is 4.79 Å². The highest BCUT2D eigenvalue weighted by Crippen LogP contribution is 2.09. The average molecular weight is 324 g/mol. The van der Waals surface area contributed by atoms with Gasteiger partial charge in [0.25, 0.3) is 0 Å². The normalized spacial score (nSPS) is 10.2. The number of carbonyl (C=O) groups excluding carboxylic acids is 1. The summed E-state index contributed by atoms with van der Waals surface area (Å²) in [5.41, 5.74) is 2.24. The Morgan fingerprint density at radius 3 is 2.62 bits per heavy atom. The number of imidazole rings is 1. The molecule has 0 spiro atoms. The van der Waals surface area contributed by atoms with Crippen LogP contribution in [0.2, 0.25) is 0 Å². The van der Waals surface area contributed by atoms with Gasteiger partial charge in [0.1, 0.15) is 5.82 Å². The zero-order valence-corrected chi connectivity index (χ0v) is 14.1. The number of urea groups is 1. The summed E-state index contributed by atoms with van der Waals surface area (Å²) >= 11 is 0. The van der Waals surface area contributed by atoms with Gasteiger partial charge in [0.05, 0.1) is 0 Å². The van der Waals surface area contributed by atoms with Gasteiger partial charge in [0, 0.05) is 38.6 Å². The van der Waals surface area contributed by atoms with Gasteiger partial charge < -0.3 is 14.8 Å². The van der Waals surface area contributed by atoms with Gasteiger partial charge in [0.2, 0.25) is 0 Å². The molecule has 2 amide bonds. The predicted molar refractivity (Wildman–Crippen MR) is 96.7 cm³/mol. The number of nitrogens with zero attached hydrogens (tertiary/aromatic N) is 3. The van der Waals surface area contributed by atoms with Crippen molar-refractivity contribution in [2.24, 2.45) is 0 Å². The lowest BCUT2D eigenvalue weighted by molar-refractivity contribution is 0.208. The number of carbonyl (C=O) groups is 1. The minimum Gasteiger partial charge on any atom is -0.334 e. The van der Waals surface area contributed by atoms with E-state index in [-0.39, 0.29) is 6.03 Å². The van der Waals surface area contributed by atoms with E-state index in [1.165, 1.54) is 5.56 Å². The second-order valence-electron chi connectivity index (χ2n) is 5.56. The van der Waals surface area contributed by atoms with Gasteiger partial charge in [-0.1, -0.05) is 36.4 Å². The van der Waals surface area contributed by atoms with E-state index in [1.54, 1.807) is 23.2 Å². The van der Waals surface area contributed by atoms with Crippen molar-refractivity contribution >= 4 is 6.03 Å².